The van der Waals surface area contributed by atoms with Gasteiger partial charge in [-0.1, -0.05) is 12.1 Å². The van der Waals surface area contributed by atoms with Gasteiger partial charge in [0.05, 0.1) is 0 Å². The molecular formula is C13H18N2O3. The maximum Gasteiger partial charge on any atom is 0.313 e. The molecule has 18 heavy (non-hydrogen) atoms. The molecule has 2 amide bonds. The molecular weight excluding hydrogens is 232 g/mol. The highest BCUT2D eigenvalue weighted by molar-refractivity contribution is 6.39. The molecule has 3 N–H and O–H groups in total. The normalized spacial score (nSPS) is 9.94. The Morgan fingerprint density at radius 3 is 2.61 bits per heavy atom. The van der Waals surface area contributed by atoms with Gasteiger partial charge in [-0.2, -0.15) is 0 Å². The molecule has 0 aromatic heterocycles. The molecule has 0 heterocycles. The van der Waals surface area contributed by atoms with Crippen molar-refractivity contribution in [1.82, 2.24) is 5.32 Å². The van der Waals surface area contributed by atoms with Crippen LogP contribution in [0.15, 0.2) is 18.2 Å². The standard InChI is InChI=1S/C13H18N2O3/c1-9-5-3-6-11(10(9)2)15-13(18)12(17)14-7-4-8-16/h3,5-6,16H,4,7-8H2,1-2H3,(H,14,17)(H,15,18). The summed E-state index contributed by atoms with van der Waals surface area (Å²) in [6.07, 6.45) is 0.433. The summed E-state index contributed by atoms with van der Waals surface area (Å²) < 4.78 is 0. The van der Waals surface area contributed by atoms with Gasteiger partial charge in [-0.05, 0) is 37.5 Å². The first-order chi connectivity index (χ1) is 8.56. The van der Waals surface area contributed by atoms with E-state index >= 15 is 0 Å². The molecule has 0 fully saturated rings. The number of aliphatic hydroxyl groups is 1. The number of benzene rings is 1. The first kappa shape index (κ1) is 14.2. The van der Waals surface area contributed by atoms with Crippen LogP contribution in [0, 0.1) is 13.8 Å². The monoisotopic (exact) mass is 250 g/mol. The predicted octanol–water partition coefficient (Wildman–Crippen LogP) is 0.741. The summed E-state index contributed by atoms with van der Waals surface area (Å²) in [6.45, 7) is 4.09. The Balaban J connectivity index is 2.59. The number of nitrogens with one attached hydrogen (secondary N) is 2. The molecule has 0 aliphatic rings. The minimum absolute atomic E-state index is 0.0150. The van der Waals surface area contributed by atoms with Crippen LogP contribution in [0.4, 0.5) is 5.69 Å². The van der Waals surface area contributed by atoms with Gasteiger partial charge in [0.25, 0.3) is 0 Å². The number of aliphatic hydroxyl groups excluding tert-OH is 1. The SMILES string of the molecule is Cc1cccc(NC(=O)C(=O)NCCCO)c1C. The van der Waals surface area contributed by atoms with Crippen LogP contribution in [0.5, 0.6) is 0 Å². The molecule has 0 atom stereocenters. The fourth-order valence-electron chi connectivity index (χ4n) is 1.43. The van der Waals surface area contributed by atoms with Crippen molar-refractivity contribution in [2.45, 2.75) is 20.3 Å². The third-order valence-corrected chi connectivity index (χ3v) is 2.68. The van der Waals surface area contributed by atoms with E-state index < -0.39 is 11.8 Å². The molecule has 0 saturated carbocycles. The van der Waals surface area contributed by atoms with Gasteiger partial charge < -0.3 is 15.7 Å². The fourth-order valence-corrected chi connectivity index (χ4v) is 1.43. The Kier molecular flexibility index (Phi) is 5.32. The van der Waals surface area contributed by atoms with Gasteiger partial charge in [0.2, 0.25) is 0 Å². The molecule has 0 radical (unpaired) electrons. The molecule has 0 unspecified atom stereocenters. The predicted molar refractivity (Wildman–Crippen MR) is 69.3 cm³/mol. The summed E-state index contributed by atoms with van der Waals surface area (Å²) in [5.41, 5.74) is 2.62. The second-order valence-electron chi connectivity index (χ2n) is 4.03. The topological polar surface area (TPSA) is 78.4 Å². The number of aryl methyl sites for hydroxylation is 1. The van der Waals surface area contributed by atoms with E-state index in [2.05, 4.69) is 10.6 Å². The van der Waals surface area contributed by atoms with Gasteiger partial charge in [0, 0.05) is 18.8 Å². The van der Waals surface area contributed by atoms with Crippen LogP contribution in [0.25, 0.3) is 0 Å². The summed E-state index contributed by atoms with van der Waals surface area (Å²) in [7, 11) is 0. The van der Waals surface area contributed by atoms with E-state index in [0.29, 0.717) is 12.1 Å². The van der Waals surface area contributed by atoms with Crippen molar-refractivity contribution in [3.63, 3.8) is 0 Å². The van der Waals surface area contributed by atoms with Crippen molar-refractivity contribution in [2.24, 2.45) is 0 Å². The number of hydrogen-bond acceptors (Lipinski definition) is 3. The Labute approximate surface area is 106 Å². The van der Waals surface area contributed by atoms with Crippen molar-refractivity contribution in [3.8, 4) is 0 Å². The first-order valence-electron chi connectivity index (χ1n) is 5.82. The van der Waals surface area contributed by atoms with Crippen LogP contribution in [0.1, 0.15) is 17.5 Å². The van der Waals surface area contributed by atoms with E-state index in [-0.39, 0.29) is 13.2 Å². The highest BCUT2D eigenvalue weighted by Gasteiger charge is 2.14. The van der Waals surface area contributed by atoms with Gasteiger partial charge in [-0.3, -0.25) is 9.59 Å². The zero-order valence-electron chi connectivity index (χ0n) is 10.6. The number of rotatable bonds is 4. The van der Waals surface area contributed by atoms with Crippen LogP contribution >= 0.6 is 0 Å². The molecule has 98 valence electrons. The molecule has 1 rings (SSSR count). The maximum absolute atomic E-state index is 11.6. The lowest BCUT2D eigenvalue weighted by Crippen LogP contribution is -2.36. The van der Waals surface area contributed by atoms with Crippen LogP contribution in [0.2, 0.25) is 0 Å². The number of amides is 2. The molecule has 0 aliphatic carbocycles. The summed E-state index contributed by atoms with van der Waals surface area (Å²) >= 11 is 0. The minimum atomic E-state index is -0.693. The molecule has 5 nitrogen and oxygen atoms in total. The van der Waals surface area contributed by atoms with E-state index in [4.69, 9.17) is 5.11 Å². The molecule has 1 aromatic carbocycles. The lowest BCUT2D eigenvalue weighted by molar-refractivity contribution is -0.136. The average molecular weight is 250 g/mol. The molecule has 0 aliphatic heterocycles. The highest BCUT2D eigenvalue weighted by atomic mass is 16.3. The number of hydrogen-bond donors (Lipinski definition) is 3. The van der Waals surface area contributed by atoms with Crippen LogP contribution in [-0.2, 0) is 9.59 Å². The number of carbonyl (C=O) groups excluding carboxylic acids is 2. The van der Waals surface area contributed by atoms with E-state index in [0.717, 1.165) is 11.1 Å². The summed E-state index contributed by atoms with van der Waals surface area (Å²) in [4.78, 5) is 23.0. The Bertz CT molecular complexity index is 444. The summed E-state index contributed by atoms with van der Waals surface area (Å²) in [6, 6.07) is 5.51. The van der Waals surface area contributed by atoms with Crippen LogP contribution < -0.4 is 10.6 Å². The number of anilines is 1. The van der Waals surface area contributed by atoms with Crippen molar-refractivity contribution >= 4 is 17.5 Å². The van der Waals surface area contributed by atoms with Gasteiger partial charge in [0.15, 0.2) is 0 Å². The van der Waals surface area contributed by atoms with Crippen LogP contribution in [-0.4, -0.2) is 30.1 Å². The quantitative estimate of drug-likeness (QED) is 0.545. The van der Waals surface area contributed by atoms with Crippen LogP contribution in [0.3, 0.4) is 0 Å². The molecule has 1 aromatic rings. The van der Waals surface area contributed by atoms with Gasteiger partial charge in [-0.25, -0.2) is 0 Å². The first-order valence-corrected chi connectivity index (χ1v) is 5.82. The second kappa shape index (κ2) is 6.76. The second-order valence-corrected chi connectivity index (χ2v) is 4.03. The Hall–Kier alpha value is -1.88. The average Bonchev–Trinajstić information content (AvgIpc) is 2.35. The molecule has 0 saturated heterocycles. The lowest BCUT2D eigenvalue weighted by atomic mass is 10.1. The van der Waals surface area contributed by atoms with Crippen molar-refractivity contribution in [2.75, 3.05) is 18.5 Å². The highest BCUT2D eigenvalue weighted by Crippen LogP contribution is 2.17. The smallest absolute Gasteiger partial charge is 0.313 e. The van der Waals surface area contributed by atoms with E-state index in [1.807, 2.05) is 26.0 Å². The summed E-state index contributed by atoms with van der Waals surface area (Å²) in [5, 5.41) is 13.6. The molecule has 5 heteroatoms. The van der Waals surface area contributed by atoms with E-state index in [1.165, 1.54) is 0 Å². The third kappa shape index (κ3) is 3.85. The van der Waals surface area contributed by atoms with Gasteiger partial charge >= 0.3 is 11.8 Å². The Morgan fingerprint density at radius 2 is 1.94 bits per heavy atom. The largest absolute Gasteiger partial charge is 0.396 e. The zero-order chi connectivity index (χ0) is 13.5. The lowest BCUT2D eigenvalue weighted by Gasteiger charge is -2.10. The van der Waals surface area contributed by atoms with Gasteiger partial charge in [0.1, 0.15) is 0 Å². The molecule has 0 spiro atoms. The van der Waals surface area contributed by atoms with Gasteiger partial charge in [-0.15, -0.1) is 0 Å². The fraction of sp³-hybridized carbons (Fsp3) is 0.385. The van der Waals surface area contributed by atoms with Crippen molar-refractivity contribution < 1.29 is 14.7 Å². The summed E-state index contributed by atoms with van der Waals surface area (Å²) in [5.74, 6) is -1.38. The van der Waals surface area contributed by atoms with E-state index in [9.17, 15) is 9.59 Å². The zero-order valence-corrected chi connectivity index (χ0v) is 10.6. The van der Waals surface area contributed by atoms with Crippen molar-refractivity contribution in [1.29, 1.82) is 0 Å². The third-order valence-electron chi connectivity index (χ3n) is 2.68. The molecule has 0 bridgehead atoms. The van der Waals surface area contributed by atoms with Crippen molar-refractivity contribution in [3.05, 3.63) is 29.3 Å². The maximum atomic E-state index is 11.6. The number of carbonyl (C=O) groups is 2. The van der Waals surface area contributed by atoms with E-state index in [1.54, 1.807) is 6.07 Å². The Morgan fingerprint density at radius 1 is 1.22 bits per heavy atom. The minimum Gasteiger partial charge on any atom is -0.396 e.